The number of methoxy groups -OCH3 is 1. The number of rotatable bonds is 5. The predicted octanol–water partition coefficient (Wildman–Crippen LogP) is 2.82. The van der Waals surface area contributed by atoms with E-state index in [1.54, 1.807) is 26.2 Å². The maximum absolute atomic E-state index is 12.7. The first-order chi connectivity index (χ1) is 12.7. The summed E-state index contributed by atoms with van der Waals surface area (Å²) in [5, 5.41) is 16.9. The molecule has 3 rings (SSSR count). The van der Waals surface area contributed by atoms with Crippen molar-refractivity contribution in [2.45, 2.75) is 26.3 Å². The number of nitrogens with zero attached hydrogens (tertiary/aromatic N) is 3. The molecule has 2 aromatic heterocycles. The molecule has 0 radical (unpaired) electrons. The minimum Gasteiger partial charge on any atom is -0.497 e. The summed E-state index contributed by atoms with van der Waals surface area (Å²) >= 11 is 0. The van der Waals surface area contributed by atoms with E-state index in [1.165, 1.54) is 30.9 Å². The highest BCUT2D eigenvalue weighted by atomic mass is 16.5. The molecule has 0 unspecified atom stereocenters. The van der Waals surface area contributed by atoms with Crippen LogP contribution < -0.4 is 10.1 Å². The number of aliphatic carboxylic acids is 1. The highest BCUT2D eigenvalue weighted by molar-refractivity contribution is 6.06. The zero-order chi connectivity index (χ0) is 19.8. The molecule has 1 amide bonds. The van der Waals surface area contributed by atoms with Crippen LogP contribution in [0.4, 0.5) is 5.69 Å². The SMILES string of the molecule is COc1ccc2cc(C(=O)Nc3cnn(C(C)(C)C(=O)O)c3)c(C)nc2c1. The van der Waals surface area contributed by atoms with Gasteiger partial charge in [-0.1, -0.05) is 0 Å². The molecule has 0 saturated carbocycles. The van der Waals surface area contributed by atoms with E-state index < -0.39 is 11.5 Å². The molecule has 0 saturated heterocycles. The fourth-order valence-electron chi connectivity index (χ4n) is 2.59. The molecular weight excluding hydrogens is 348 g/mol. The molecule has 8 heteroatoms. The van der Waals surface area contributed by atoms with Gasteiger partial charge in [0.1, 0.15) is 5.75 Å². The number of ether oxygens (including phenoxy) is 1. The zero-order valence-corrected chi connectivity index (χ0v) is 15.5. The first kappa shape index (κ1) is 18.4. The van der Waals surface area contributed by atoms with Gasteiger partial charge in [-0.2, -0.15) is 5.10 Å². The van der Waals surface area contributed by atoms with Crippen molar-refractivity contribution in [3.63, 3.8) is 0 Å². The van der Waals surface area contributed by atoms with Crippen molar-refractivity contribution in [1.29, 1.82) is 0 Å². The lowest BCUT2D eigenvalue weighted by Crippen LogP contribution is -2.35. The fraction of sp³-hybridized carbons (Fsp3) is 0.263. The highest BCUT2D eigenvalue weighted by Gasteiger charge is 2.30. The van der Waals surface area contributed by atoms with Crippen molar-refractivity contribution in [3.05, 3.63) is 47.9 Å². The minimum atomic E-state index is -1.22. The molecule has 2 heterocycles. The Morgan fingerprint density at radius 2 is 2.00 bits per heavy atom. The van der Waals surface area contributed by atoms with Gasteiger partial charge in [-0.25, -0.2) is 4.79 Å². The van der Waals surface area contributed by atoms with Gasteiger partial charge in [-0.3, -0.25) is 14.5 Å². The Morgan fingerprint density at radius 3 is 2.67 bits per heavy atom. The Hall–Kier alpha value is -3.42. The summed E-state index contributed by atoms with van der Waals surface area (Å²) in [6, 6.07) is 7.21. The molecule has 0 spiro atoms. The number of hydrogen-bond donors (Lipinski definition) is 2. The summed E-state index contributed by atoms with van der Waals surface area (Å²) in [6.07, 6.45) is 2.90. The van der Waals surface area contributed by atoms with Gasteiger partial charge in [0.2, 0.25) is 0 Å². The lowest BCUT2D eigenvalue weighted by molar-refractivity contribution is -0.146. The van der Waals surface area contributed by atoms with Crippen molar-refractivity contribution < 1.29 is 19.4 Å². The molecule has 0 aliphatic rings. The van der Waals surface area contributed by atoms with Crippen molar-refractivity contribution in [2.24, 2.45) is 0 Å². The third kappa shape index (κ3) is 3.46. The standard InChI is InChI=1S/C19H20N4O4/c1-11-15(7-12-5-6-14(27-4)8-16(12)21-11)17(24)22-13-9-20-23(10-13)19(2,3)18(25)26/h5-10H,1-4H3,(H,22,24)(H,25,26). The molecule has 0 bridgehead atoms. The van der Waals surface area contributed by atoms with Crippen LogP contribution in [-0.2, 0) is 10.3 Å². The normalized spacial score (nSPS) is 11.4. The van der Waals surface area contributed by atoms with E-state index in [4.69, 9.17) is 4.74 Å². The Bertz CT molecular complexity index is 1040. The van der Waals surface area contributed by atoms with Crippen LogP contribution in [0.5, 0.6) is 5.75 Å². The molecule has 3 aromatic rings. The second-order valence-electron chi connectivity index (χ2n) is 6.67. The van der Waals surface area contributed by atoms with Crippen molar-refractivity contribution in [3.8, 4) is 5.75 Å². The largest absolute Gasteiger partial charge is 0.497 e. The highest BCUT2D eigenvalue weighted by Crippen LogP contribution is 2.23. The van der Waals surface area contributed by atoms with Crippen LogP contribution in [0.15, 0.2) is 36.7 Å². The molecule has 0 fully saturated rings. The first-order valence-corrected chi connectivity index (χ1v) is 8.27. The van der Waals surface area contributed by atoms with Gasteiger partial charge >= 0.3 is 5.97 Å². The molecule has 0 aliphatic heterocycles. The number of amides is 1. The Labute approximate surface area is 155 Å². The molecule has 8 nitrogen and oxygen atoms in total. The minimum absolute atomic E-state index is 0.342. The number of fused-ring (bicyclic) bond motifs is 1. The Kier molecular flexibility index (Phi) is 4.57. The van der Waals surface area contributed by atoms with E-state index >= 15 is 0 Å². The van der Waals surface area contributed by atoms with Crippen LogP contribution in [0.1, 0.15) is 29.9 Å². The molecule has 0 aliphatic carbocycles. The summed E-state index contributed by atoms with van der Waals surface area (Å²) in [7, 11) is 1.58. The van der Waals surface area contributed by atoms with E-state index in [2.05, 4.69) is 15.4 Å². The van der Waals surface area contributed by atoms with Crippen LogP contribution in [0.3, 0.4) is 0 Å². The number of anilines is 1. The zero-order valence-electron chi connectivity index (χ0n) is 15.5. The number of aryl methyl sites for hydroxylation is 1. The van der Waals surface area contributed by atoms with E-state index in [0.29, 0.717) is 22.7 Å². The van der Waals surface area contributed by atoms with Crippen LogP contribution in [0.25, 0.3) is 10.9 Å². The van der Waals surface area contributed by atoms with E-state index in [-0.39, 0.29) is 5.91 Å². The van der Waals surface area contributed by atoms with Gasteiger partial charge in [0.05, 0.1) is 35.8 Å². The smallest absolute Gasteiger partial charge is 0.331 e. The Balaban J connectivity index is 1.87. The molecule has 1 aromatic carbocycles. The number of carboxylic acid groups (broad SMARTS) is 1. The number of carbonyl (C=O) groups is 2. The van der Waals surface area contributed by atoms with E-state index in [9.17, 15) is 14.7 Å². The number of nitrogens with one attached hydrogen (secondary N) is 1. The average Bonchev–Trinajstić information content (AvgIpc) is 3.09. The topological polar surface area (TPSA) is 106 Å². The third-order valence-electron chi connectivity index (χ3n) is 4.40. The van der Waals surface area contributed by atoms with Gasteiger partial charge in [-0.05, 0) is 39.0 Å². The van der Waals surface area contributed by atoms with E-state index in [0.717, 1.165) is 10.9 Å². The molecule has 0 atom stereocenters. The van der Waals surface area contributed by atoms with Gasteiger partial charge in [0.15, 0.2) is 5.54 Å². The lowest BCUT2D eigenvalue weighted by Gasteiger charge is -2.19. The second-order valence-corrected chi connectivity index (χ2v) is 6.67. The number of hydrogen-bond acceptors (Lipinski definition) is 5. The van der Waals surface area contributed by atoms with Crippen molar-refractivity contribution in [1.82, 2.24) is 14.8 Å². The lowest BCUT2D eigenvalue weighted by atomic mass is 10.1. The summed E-state index contributed by atoms with van der Waals surface area (Å²) < 4.78 is 6.49. The summed E-state index contributed by atoms with van der Waals surface area (Å²) in [6.45, 7) is 4.81. The number of benzene rings is 1. The molecular formula is C19H20N4O4. The van der Waals surface area contributed by atoms with Crippen LogP contribution in [0.2, 0.25) is 0 Å². The average molecular weight is 368 g/mol. The molecule has 2 N–H and O–H groups in total. The maximum Gasteiger partial charge on any atom is 0.331 e. The quantitative estimate of drug-likeness (QED) is 0.717. The Morgan fingerprint density at radius 1 is 1.26 bits per heavy atom. The van der Waals surface area contributed by atoms with Crippen molar-refractivity contribution in [2.75, 3.05) is 12.4 Å². The van der Waals surface area contributed by atoms with Crippen LogP contribution in [-0.4, -0.2) is 38.9 Å². The third-order valence-corrected chi connectivity index (χ3v) is 4.40. The number of pyridine rings is 1. The van der Waals surface area contributed by atoms with E-state index in [1.807, 2.05) is 12.1 Å². The van der Waals surface area contributed by atoms with Crippen LogP contribution >= 0.6 is 0 Å². The van der Waals surface area contributed by atoms with Gasteiger partial charge in [0, 0.05) is 17.6 Å². The monoisotopic (exact) mass is 368 g/mol. The number of carboxylic acids is 1. The summed E-state index contributed by atoms with van der Waals surface area (Å²) in [5.74, 6) is -0.668. The van der Waals surface area contributed by atoms with Crippen molar-refractivity contribution >= 4 is 28.5 Å². The van der Waals surface area contributed by atoms with Gasteiger partial charge in [-0.15, -0.1) is 0 Å². The summed E-state index contributed by atoms with van der Waals surface area (Å²) in [5.41, 5.74) is 0.926. The van der Waals surface area contributed by atoms with Gasteiger partial charge in [0.25, 0.3) is 5.91 Å². The predicted molar refractivity (Wildman–Crippen MR) is 100 cm³/mol. The first-order valence-electron chi connectivity index (χ1n) is 8.27. The summed E-state index contributed by atoms with van der Waals surface area (Å²) in [4.78, 5) is 28.5. The number of carbonyl (C=O) groups excluding carboxylic acids is 1. The van der Waals surface area contributed by atoms with Gasteiger partial charge < -0.3 is 15.2 Å². The molecule has 27 heavy (non-hydrogen) atoms. The second kappa shape index (κ2) is 6.71. The maximum atomic E-state index is 12.7. The fourth-order valence-corrected chi connectivity index (χ4v) is 2.59. The molecule has 140 valence electrons. The van der Waals surface area contributed by atoms with Crippen LogP contribution in [0, 0.1) is 6.92 Å². The number of aromatic nitrogens is 3.